The SMILES string of the molecule is C.OCCCc1ccccc1. The maximum absolute atomic E-state index is 8.53. The number of hydrogen-bond acceptors (Lipinski definition) is 1. The smallest absolute Gasteiger partial charge is 0.0434 e. The Morgan fingerprint density at radius 3 is 2.27 bits per heavy atom. The van der Waals surface area contributed by atoms with E-state index < -0.39 is 0 Å². The van der Waals surface area contributed by atoms with E-state index in [1.54, 1.807) is 0 Å². The molecule has 0 aliphatic rings. The molecule has 0 spiro atoms. The number of benzene rings is 1. The van der Waals surface area contributed by atoms with Gasteiger partial charge in [0.25, 0.3) is 0 Å². The van der Waals surface area contributed by atoms with E-state index in [0.717, 1.165) is 12.8 Å². The molecule has 0 bridgehead atoms. The van der Waals surface area contributed by atoms with Crippen LogP contribution in [0.5, 0.6) is 0 Å². The predicted octanol–water partition coefficient (Wildman–Crippen LogP) is 2.25. The van der Waals surface area contributed by atoms with Crippen LogP contribution in [0, 0.1) is 0 Å². The molecule has 0 aromatic heterocycles. The fraction of sp³-hybridized carbons (Fsp3) is 0.400. The highest BCUT2D eigenvalue weighted by Gasteiger charge is 1.87. The summed E-state index contributed by atoms with van der Waals surface area (Å²) >= 11 is 0. The van der Waals surface area contributed by atoms with Crippen molar-refractivity contribution in [3.63, 3.8) is 0 Å². The van der Waals surface area contributed by atoms with Gasteiger partial charge < -0.3 is 5.11 Å². The second kappa shape index (κ2) is 5.93. The van der Waals surface area contributed by atoms with Gasteiger partial charge in [0, 0.05) is 6.61 Å². The van der Waals surface area contributed by atoms with Gasteiger partial charge in [-0.1, -0.05) is 37.8 Å². The molecule has 0 saturated carbocycles. The summed E-state index contributed by atoms with van der Waals surface area (Å²) < 4.78 is 0. The molecule has 0 radical (unpaired) electrons. The average molecular weight is 152 g/mol. The first-order valence-corrected chi connectivity index (χ1v) is 3.58. The Balaban J connectivity index is 0.000001000. The Morgan fingerprint density at radius 1 is 1.09 bits per heavy atom. The van der Waals surface area contributed by atoms with Gasteiger partial charge in [0.15, 0.2) is 0 Å². The summed E-state index contributed by atoms with van der Waals surface area (Å²) in [4.78, 5) is 0. The zero-order valence-electron chi connectivity index (χ0n) is 5.96. The summed E-state index contributed by atoms with van der Waals surface area (Å²) in [6, 6.07) is 10.2. The normalized spacial score (nSPS) is 8.82. The first-order valence-electron chi connectivity index (χ1n) is 3.58. The fourth-order valence-corrected chi connectivity index (χ4v) is 0.928. The third kappa shape index (κ3) is 3.79. The molecule has 0 unspecified atom stereocenters. The average Bonchev–Trinajstić information content (AvgIpc) is 2.03. The first-order chi connectivity index (χ1) is 4.93. The molecule has 1 N–H and O–H groups in total. The maximum atomic E-state index is 8.53. The van der Waals surface area contributed by atoms with Gasteiger partial charge in [-0.25, -0.2) is 0 Å². The van der Waals surface area contributed by atoms with Crippen molar-refractivity contribution in [2.45, 2.75) is 20.3 Å². The molecule has 0 amide bonds. The van der Waals surface area contributed by atoms with E-state index in [2.05, 4.69) is 12.1 Å². The minimum atomic E-state index is 0. The van der Waals surface area contributed by atoms with Crippen LogP contribution in [-0.4, -0.2) is 11.7 Å². The van der Waals surface area contributed by atoms with Gasteiger partial charge in [0.05, 0.1) is 0 Å². The monoisotopic (exact) mass is 152 g/mol. The highest BCUT2D eigenvalue weighted by Crippen LogP contribution is 2.00. The Morgan fingerprint density at radius 2 is 1.73 bits per heavy atom. The quantitative estimate of drug-likeness (QED) is 0.704. The van der Waals surface area contributed by atoms with E-state index in [9.17, 15) is 0 Å². The number of hydrogen-bond donors (Lipinski definition) is 1. The van der Waals surface area contributed by atoms with Crippen molar-refractivity contribution in [1.82, 2.24) is 0 Å². The molecule has 1 aromatic carbocycles. The first kappa shape index (κ1) is 10.2. The van der Waals surface area contributed by atoms with Crippen molar-refractivity contribution in [3.05, 3.63) is 35.9 Å². The van der Waals surface area contributed by atoms with Crippen LogP contribution in [0.25, 0.3) is 0 Å². The number of aryl methyl sites for hydroxylation is 1. The molecule has 0 aliphatic carbocycles. The van der Waals surface area contributed by atoms with Crippen LogP contribution >= 0.6 is 0 Å². The zero-order chi connectivity index (χ0) is 7.23. The lowest BCUT2D eigenvalue weighted by Gasteiger charge is -1.96. The van der Waals surface area contributed by atoms with Crippen molar-refractivity contribution in [2.24, 2.45) is 0 Å². The minimum absolute atomic E-state index is 0. The maximum Gasteiger partial charge on any atom is 0.0434 e. The molecular weight excluding hydrogens is 136 g/mol. The van der Waals surface area contributed by atoms with Crippen molar-refractivity contribution in [2.75, 3.05) is 6.61 Å². The molecule has 0 atom stereocenters. The minimum Gasteiger partial charge on any atom is -0.396 e. The van der Waals surface area contributed by atoms with Gasteiger partial charge in [-0.05, 0) is 18.4 Å². The van der Waals surface area contributed by atoms with E-state index in [1.807, 2.05) is 18.2 Å². The van der Waals surface area contributed by atoms with Gasteiger partial charge >= 0.3 is 0 Å². The van der Waals surface area contributed by atoms with Crippen LogP contribution in [0.2, 0.25) is 0 Å². The van der Waals surface area contributed by atoms with Crippen molar-refractivity contribution >= 4 is 0 Å². The van der Waals surface area contributed by atoms with Gasteiger partial charge in [-0.15, -0.1) is 0 Å². The molecule has 11 heavy (non-hydrogen) atoms. The number of rotatable bonds is 3. The van der Waals surface area contributed by atoms with E-state index >= 15 is 0 Å². The second-order valence-electron chi connectivity index (χ2n) is 2.31. The molecule has 0 saturated heterocycles. The summed E-state index contributed by atoms with van der Waals surface area (Å²) in [7, 11) is 0. The largest absolute Gasteiger partial charge is 0.396 e. The standard InChI is InChI=1S/C9H12O.CH4/c10-8-4-7-9-5-2-1-3-6-9;/h1-3,5-6,10H,4,7-8H2;1H4. The van der Waals surface area contributed by atoms with E-state index in [-0.39, 0.29) is 14.0 Å². The summed E-state index contributed by atoms with van der Waals surface area (Å²) in [6.45, 7) is 0.287. The van der Waals surface area contributed by atoms with E-state index in [0.29, 0.717) is 0 Å². The lowest BCUT2D eigenvalue weighted by Crippen LogP contribution is -1.87. The van der Waals surface area contributed by atoms with Crippen LogP contribution < -0.4 is 0 Å². The van der Waals surface area contributed by atoms with Crippen LogP contribution in [0.4, 0.5) is 0 Å². The van der Waals surface area contributed by atoms with Gasteiger partial charge in [0.2, 0.25) is 0 Å². The highest BCUT2D eigenvalue weighted by molar-refractivity contribution is 5.14. The van der Waals surface area contributed by atoms with Gasteiger partial charge in [-0.3, -0.25) is 0 Å². The van der Waals surface area contributed by atoms with E-state index in [4.69, 9.17) is 5.11 Å². The fourth-order valence-electron chi connectivity index (χ4n) is 0.928. The summed E-state index contributed by atoms with van der Waals surface area (Å²) in [5, 5.41) is 8.53. The number of aliphatic hydroxyl groups is 1. The molecule has 1 aromatic rings. The van der Waals surface area contributed by atoms with Crippen molar-refractivity contribution in [1.29, 1.82) is 0 Å². The van der Waals surface area contributed by atoms with Crippen LogP contribution in [0.15, 0.2) is 30.3 Å². The topological polar surface area (TPSA) is 20.2 Å². The lowest BCUT2D eigenvalue weighted by atomic mass is 10.1. The highest BCUT2D eigenvalue weighted by atomic mass is 16.2. The molecule has 1 heteroatoms. The summed E-state index contributed by atoms with van der Waals surface area (Å²) in [6.07, 6.45) is 1.85. The van der Waals surface area contributed by atoms with Crippen LogP contribution in [0.3, 0.4) is 0 Å². The molecular formula is C10H16O. The van der Waals surface area contributed by atoms with Crippen LogP contribution in [-0.2, 0) is 6.42 Å². The predicted molar refractivity (Wildman–Crippen MR) is 48.6 cm³/mol. The molecule has 1 nitrogen and oxygen atoms in total. The van der Waals surface area contributed by atoms with Crippen molar-refractivity contribution < 1.29 is 5.11 Å². The molecule has 62 valence electrons. The second-order valence-corrected chi connectivity index (χ2v) is 2.31. The van der Waals surface area contributed by atoms with Gasteiger partial charge in [0.1, 0.15) is 0 Å². The zero-order valence-corrected chi connectivity index (χ0v) is 5.96. The van der Waals surface area contributed by atoms with Crippen molar-refractivity contribution in [3.8, 4) is 0 Å². The summed E-state index contributed by atoms with van der Waals surface area (Å²) in [5.41, 5.74) is 1.30. The Hall–Kier alpha value is -0.820. The Labute approximate surface area is 68.7 Å². The molecule has 1 rings (SSSR count). The van der Waals surface area contributed by atoms with Crippen LogP contribution in [0.1, 0.15) is 19.4 Å². The third-order valence-electron chi connectivity index (χ3n) is 1.47. The summed E-state index contributed by atoms with van der Waals surface area (Å²) in [5.74, 6) is 0. The Kier molecular flexibility index (Phi) is 5.49. The third-order valence-corrected chi connectivity index (χ3v) is 1.47. The van der Waals surface area contributed by atoms with Gasteiger partial charge in [-0.2, -0.15) is 0 Å². The molecule has 0 heterocycles. The number of aliphatic hydroxyl groups excluding tert-OH is 1. The van der Waals surface area contributed by atoms with E-state index in [1.165, 1.54) is 5.56 Å². The Bertz CT molecular complexity index is 169. The molecule has 0 aliphatic heterocycles. The molecule has 0 fully saturated rings. The lowest BCUT2D eigenvalue weighted by molar-refractivity contribution is 0.288.